The van der Waals surface area contributed by atoms with E-state index in [1.165, 1.54) is 0 Å². The number of esters is 1. The molecule has 0 aliphatic rings. The molecule has 0 heterocycles. The average Bonchev–Trinajstić information content (AvgIpc) is 2.52. The summed E-state index contributed by atoms with van der Waals surface area (Å²) in [6.45, 7) is 4.85. The van der Waals surface area contributed by atoms with Crippen molar-refractivity contribution in [3.05, 3.63) is 35.9 Å². The van der Waals surface area contributed by atoms with Gasteiger partial charge in [-0.15, -0.1) is 0 Å². The molecule has 0 saturated carbocycles. The van der Waals surface area contributed by atoms with E-state index in [-0.39, 0.29) is 25.3 Å². The van der Waals surface area contributed by atoms with Gasteiger partial charge >= 0.3 is 12.0 Å². The maximum Gasteiger partial charge on any atom is 0.321 e. The summed E-state index contributed by atoms with van der Waals surface area (Å²) in [4.78, 5) is 46.3. The van der Waals surface area contributed by atoms with Crippen LogP contribution in [0.1, 0.15) is 32.8 Å². The standard InChI is InChI=1S/C18H25N3O5/c1-18(2,3)21-17(25)20-15(23)12-26-16(24)9-10-19-14(22)11-13-7-5-4-6-8-13/h4-8H,9-12H2,1-3H3,(H,19,22)(H2,20,21,23,25). The second-order valence-electron chi connectivity index (χ2n) is 6.68. The first-order valence-electron chi connectivity index (χ1n) is 8.24. The van der Waals surface area contributed by atoms with E-state index in [1.54, 1.807) is 20.8 Å². The number of rotatable bonds is 7. The third-order valence-corrected chi connectivity index (χ3v) is 2.96. The Morgan fingerprint density at radius 2 is 1.65 bits per heavy atom. The largest absolute Gasteiger partial charge is 0.456 e. The van der Waals surface area contributed by atoms with E-state index in [4.69, 9.17) is 4.74 Å². The average molecular weight is 363 g/mol. The quantitative estimate of drug-likeness (QED) is 0.623. The molecule has 0 spiro atoms. The summed E-state index contributed by atoms with van der Waals surface area (Å²) in [5, 5.41) is 7.21. The minimum atomic E-state index is -0.729. The molecule has 0 aromatic heterocycles. The lowest BCUT2D eigenvalue weighted by Crippen LogP contribution is -2.49. The van der Waals surface area contributed by atoms with E-state index in [2.05, 4.69) is 16.0 Å². The highest BCUT2D eigenvalue weighted by molar-refractivity contribution is 5.95. The fourth-order valence-corrected chi connectivity index (χ4v) is 1.90. The van der Waals surface area contributed by atoms with E-state index < -0.39 is 30.1 Å². The number of hydrogen-bond acceptors (Lipinski definition) is 5. The molecule has 0 bridgehead atoms. The number of amides is 4. The zero-order chi connectivity index (χ0) is 19.6. The van der Waals surface area contributed by atoms with Crippen LogP contribution >= 0.6 is 0 Å². The van der Waals surface area contributed by atoms with Gasteiger partial charge in [-0.3, -0.25) is 19.7 Å². The third-order valence-electron chi connectivity index (χ3n) is 2.96. The van der Waals surface area contributed by atoms with E-state index in [9.17, 15) is 19.2 Å². The van der Waals surface area contributed by atoms with Gasteiger partial charge in [-0.25, -0.2) is 4.79 Å². The number of benzene rings is 1. The molecule has 0 unspecified atom stereocenters. The summed E-state index contributed by atoms with van der Waals surface area (Å²) in [5.74, 6) is -1.58. The summed E-state index contributed by atoms with van der Waals surface area (Å²) in [5.41, 5.74) is 0.386. The van der Waals surface area contributed by atoms with Crippen LogP contribution in [0.5, 0.6) is 0 Å². The summed E-state index contributed by atoms with van der Waals surface area (Å²) < 4.78 is 4.75. The molecule has 0 aliphatic carbocycles. The lowest BCUT2D eigenvalue weighted by molar-refractivity contribution is -0.148. The Kier molecular flexibility index (Phi) is 8.27. The van der Waals surface area contributed by atoms with Gasteiger partial charge < -0.3 is 15.4 Å². The van der Waals surface area contributed by atoms with Crippen LogP contribution < -0.4 is 16.0 Å². The normalized spacial score (nSPS) is 10.6. The molecular weight excluding hydrogens is 338 g/mol. The molecule has 0 saturated heterocycles. The van der Waals surface area contributed by atoms with Crippen molar-refractivity contribution in [1.29, 1.82) is 0 Å². The van der Waals surface area contributed by atoms with Crippen molar-refractivity contribution in [3.8, 4) is 0 Å². The van der Waals surface area contributed by atoms with Crippen molar-refractivity contribution in [2.24, 2.45) is 0 Å². The number of hydrogen-bond donors (Lipinski definition) is 3. The molecule has 0 radical (unpaired) electrons. The molecule has 8 nitrogen and oxygen atoms in total. The molecule has 4 amide bonds. The molecule has 1 rings (SSSR count). The number of nitrogens with one attached hydrogen (secondary N) is 3. The summed E-state index contributed by atoms with van der Waals surface area (Å²) in [6, 6.07) is 8.55. The fourth-order valence-electron chi connectivity index (χ4n) is 1.90. The number of imide groups is 1. The van der Waals surface area contributed by atoms with E-state index >= 15 is 0 Å². The van der Waals surface area contributed by atoms with Crippen molar-refractivity contribution in [3.63, 3.8) is 0 Å². The zero-order valence-corrected chi connectivity index (χ0v) is 15.3. The number of urea groups is 1. The second kappa shape index (κ2) is 10.2. The summed E-state index contributed by atoms with van der Waals surface area (Å²) >= 11 is 0. The Bertz CT molecular complexity index is 638. The third kappa shape index (κ3) is 10.1. The monoisotopic (exact) mass is 363 g/mol. The van der Waals surface area contributed by atoms with Gasteiger partial charge in [-0.2, -0.15) is 0 Å². The van der Waals surface area contributed by atoms with Gasteiger partial charge in [0, 0.05) is 12.1 Å². The van der Waals surface area contributed by atoms with Crippen molar-refractivity contribution in [2.45, 2.75) is 39.2 Å². The molecule has 142 valence electrons. The van der Waals surface area contributed by atoms with E-state index in [0.717, 1.165) is 5.56 Å². The number of carbonyl (C=O) groups excluding carboxylic acids is 4. The lowest BCUT2D eigenvalue weighted by atomic mass is 10.1. The smallest absolute Gasteiger partial charge is 0.321 e. The van der Waals surface area contributed by atoms with Crippen LogP contribution in [-0.2, 0) is 25.5 Å². The maximum absolute atomic E-state index is 11.7. The van der Waals surface area contributed by atoms with Crippen LogP contribution in [0.25, 0.3) is 0 Å². The minimum absolute atomic E-state index is 0.0675. The molecular formula is C18H25N3O5. The topological polar surface area (TPSA) is 114 Å². The number of ether oxygens (including phenoxy) is 1. The first-order valence-corrected chi connectivity index (χ1v) is 8.24. The Morgan fingerprint density at radius 3 is 2.27 bits per heavy atom. The predicted octanol–water partition coefficient (Wildman–Crippen LogP) is 0.903. The SMILES string of the molecule is CC(C)(C)NC(=O)NC(=O)COC(=O)CCNC(=O)Cc1ccccc1. The molecule has 1 aromatic carbocycles. The van der Waals surface area contributed by atoms with Crippen LogP contribution in [0.15, 0.2) is 30.3 Å². The molecule has 0 aliphatic heterocycles. The lowest BCUT2D eigenvalue weighted by Gasteiger charge is -2.20. The molecule has 0 atom stereocenters. The minimum Gasteiger partial charge on any atom is -0.456 e. The van der Waals surface area contributed by atoms with Crippen molar-refractivity contribution < 1.29 is 23.9 Å². The first kappa shape index (κ1) is 21.1. The van der Waals surface area contributed by atoms with Crippen molar-refractivity contribution in [2.75, 3.05) is 13.2 Å². The first-order chi connectivity index (χ1) is 12.2. The van der Waals surface area contributed by atoms with Gasteiger partial charge in [0.1, 0.15) is 0 Å². The molecule has 3 N–H and O–H groups in total. The highest BCUT2D eigenvalue weighted by atomic mass is 16.5. The van der Waals surface area contributed by atoms with Gasteiger partial charge in [0.2, 0.25) is 5.91 Å². The van der Waals surface area contributed by atoms with E-state index in [0.29, 0.717) is 0 Å². The Morgan fingerprint density at radius 1 is 1.00 bits per heavy atom. The Balaban J connectivity index is 2.17. The summed E-state index contributed by atoms with van der Waals surface area (Å²) in [7, 11) is 0. The predicted molar refractivity (Wildman–Crippen MR) is 95.2 cm³/mol. The van der Waals surface area contributed by atoms with Crippen LogP contribution in [0.3, 0.4) is 0 Å². The van der Waals surface area contributed by atoms with Crippen LogP contribution in [0.2, 0.25) is 0 Å². The van der Waals surface area contributed by atoms with Crippen LogP contribution in [-0.4, -0.2) is 42.5 Å². The second-order valence-corrected chi connectivity index (χ2v) is 6.68. The van der Waals surface area contributed by atoms with Gasteiger partial charge in [-0.05, 0) is 26.3 Å². The van der Waals surface area contributed by atoms with Crippen molar-refractivity contribution in [1.82, 2.24) is 16.0 Å². The highest BCUT2D eigenvalue weighted by Crippen LogP contribution is 1.99. The van der Waals surface area contributed by atoms with Crippen LogP contribution in [0.4, 0.5) is 4.79 Å². The molecule has 0 fully saturated rings. The van der Waals surface area contributed by atoms with Crippen LogP contribution in [0, 0.1) is 0 Å². The fraction of sp³-hybridized carbons (Fsp3) is 0.444. The highest BCUT2D eigenvalue weighted by Gasteiger charge is 2.16. The molecule has 26 heavy (non-hydrogen) atoms. The van der Waals surface area contributed by atoms with Gasteiger partial charge in [-0.1, -0.05) is 30.3 Å². The summed E-state index contributed by atoms with van der Waals surface area (Å²) in [6.07, 6.45) is 0.156. The Labute approximate surface area is 152 Å². The van der Waals surface area contributed by atoms with E-state index in [1.807, 2.05) is 30.3 Å². The zero-order valence-electron chi connectivity index (χ0n) is 15.3. The molecule has 1 aromatic rings. The van der Waals surface area contributed by atoms with Gasteiger partial charge in [0.25, 0.3) is 5.91 Å². The molecule has 8 heteroatoms. The number of carbonyl (C=O) groups is 4. The van der Waals surface area contributed by atoms with Gasteiger partial charge in [0.15, 0.2) is 6.61 Å². The van der Waals surface area contributed by atoms with Crippen molar-refractivity contribution >= 4 is 23.8 Å². The maximum atomic E-state index is 11.7. The van der Waals surface area contributed by atoms with Gasteiger partial charge in [0.05, 0.1) is 12.8 Å². The Hall–Kier alpha value is -2.90.